The molecule has 0 aliphatic carbocycles. The van der Waals surface area contributed by atoms with Gasteiger partial charge in [-0.1, -0.05) is 19.1 Å². The van der Waals surface area contributed by atoms with Crippen LogP contribution in [0.2, 0.25) is 0 Å². The molecule has 1 unspecified atom stereocenters. The maximum atomic E-state index is 5.33. The number of anilines is 2. The third-order valence-electron chi connectivity index (χ3n) is 4.35. The molecule has 2 heterocycles. The number of aromatic nitrogens is 1. The van der Waals surface area contributed by atoms with Crippen molar-refractivity contribution in [2.24, 2.45) is 5.92 Å². The van der Waals surface area contributed by atoms with E-state index in [1.807, 2.05) is 12.1 Å². The molecule has 1 aliphatic rings. The van der Waals surface area contributed by atoms with Gasteiger partial charge >= 0.3 is 0 Å². The molecule has 1 aliphatic heterocycles. The van der Waals surface area contributed by atoms with Gasteiger partial charge in [-0.15, -0.1) is 0 Å². The Labute approximate surface area is 149 Å². The maximum Gasteiger partial charge on any atom is 0.171 e. The van der Waals surface area contributed by atoms with E-state index in [2.05, 4.69) is 51.7 Å². The first-order valence-electron chi connectivity index (χ1n) is 8.49. The van der Waals surface area contributed by atoms with Crippen molar-refractivity contribution in [3.05, 3.63) is 54.4 Å². The Bertz CT molecular complexity index is 657. The summed E-state index contributed by atoms with van der Waals surface area (Å²) in [6.07, 6.45) is 6.12. The highest BCUT2D eigenvalue weighted by atomic mass is 32.1. The number of pyridine rings is 1. The molecule has 0 bridgehead atoms. The number of rotatable bonds is 4. The standard InChI is InChI=1S/C19H24N4S/c1-15-3-2-12-23(14-15)18-6-4-16(5-7-18)13-21-19(24)22-17-8-10-20-11-9-17/h4-11,15H,2-3,12-14H2,1H3,(H2,20,21,22,24). The largest absolute Gasteiger partial charge is 0.371 e. The van der Waals surface area contributed by atoms with Gasteiger partial charge in [0.25, 0.3) is 0 Å². The summed E-state index contributed by atoms with van der Waals surface area (Å²) in [5.74, 6) is 0.789. The lowest BCUT2D eigenvalue weighted by Crippen LogP contribution is -2.34. The highest BCUT2D eigenvalue weighted by Crippen LogP contribution is 2.23. The second-order valence-corrected chi connectivity index (χ2v) is 6.81. The number of benzene rings is 1. The van der Waals surface area contributed by atoms with Crippen LogP contribution in [0, 0.1) is 5.92 Å². The van der Waals surface area contributed by atoms with Gasteiger partial charge in [0, 0.05) is 43.4 Å². The summed E-state index contributed by atoms with van der Waals surface area (Å²) in [5.41, 5.74) is 3.49. The van der Waals surface area contributed by atoms with Crippen molar-refractivity contribution in [3.63, 3.8) is 0 Å². The molecule has 1 atom stereocenters. The molecule has 1 aromatic carbocycles. The number of hydrogen-bond donors (Lipinski definition) is 2. The molecule has 4 nitrogen and oxygen atoms in total. The van der Waals surface area contributed by atoms with Gasteiger partial charge in [-0.2, -0.15) is 0 Å². The third kappa shape index (κ3) is 4.68. The molecule has 0 amide bonds. The fourth-order valence-corrected chi connectivity index (χ4v) is 3.23. The van der Waals surface area contributed by atoms with Crippen molar-refractivity contribution < 1.29 is 0 Å². The van der Waals surface area contributed by atoms with Crippen molar-refractivity contribution in [2.45, 2.75) is 26.3 Å². The van der Waals surface area contributed by atoms with E-state index >= 15 is 0 Å². The van der Waals surface area contributed by atoms with Crippen LogP contribution >= 0.6 is 12.2 Å². The molecular formula is C19H24N4S. The lowest BCUT2D eigenvalue weighted by atomic mass is 9.99. The topological polar surface area (TPSA) is 40.2 Å². The first-order chi connectivity index (χ1) is 11.7. The molecular weight excluding hydrogens is 316 g/mol. The Morgan fingerprint density at radius 3 is 2.67 bits per heavy atom. The Morgan fingerprint density at radius 1 is 1.21 bits per heavy atom. The smallest absolute Gasteiger partial charge is 0.171 e. The summed E-state index contributed by atoms with van der Waals surface area (Å²) in [4.78, 5) is 6.48. The molecule has 0 spiro atoms. The number of piperidine rings is 1. The van der Waals surface area contributed by atoms with Crippen LogP contribution in [0.3, 0.4) is 0 Å². The van der Waals surface area contributed by atoms with Crippen LogP contribution in [0.25, 0.3) is 0 Å². The first kappa shape index (κ1) is 16.7. The highest BCUT2D eigenvalue weighted by Gasteiger charge is 2.16. The minimum absolute atomic E-state index is 0.620. The van der Waals surface area contributed by atoms with Crippen LogP contribution in [0.1, 0.15) is 25.3 Å². The second-order valence-electron chi connectivity index (χ2n) is 6.40. The van der Waals surface area contributed by atoms with Crippen LogP contribution in [-0.2, 0) is 6.54 Å². The highest BCUT2D eigenvalue weighted by molar-refractivity contribution is 7.80. The minimum Gasteiger partial charge on any atom is -0.371 e. The summed E-state index contributed by atoms with van der Waals surface area (Å²) >= 11 is 5.33. The van der Waals surface area contributed by atoms with Gasteiger partial charge in [0.05, 0.1) is 0 Å². The van der Waals surface area contributed by atoms with Gasteiger partial charge in [-0.25, -0.2) is 0 Å². The summed E-state index contributed by atoms with van der Waals surface area (Å²) in [5, 5.41) is 7.01. The van der Waals surface area contributed by atoms with Gasteiger partial charge in [0.2, 0.25) is 0 Å². The average Bonchev–Trinajstić information content (AvgIpc) is 2.61. The number of thiocarbonyl (C=S) groups is 1. The van der Waals surface area contributed by atoms with Crippen LogP contribution in [0.4, 0.5) is 11.4 Å². The molecule has 24 heavy (non-hydrogen) atoms. The van der Waals surface area contributed by atoms with Gasteiger partial charge in [0.15, 0.2) is 5.11 Å². The Balaban J connectivity index is 1.50. The van der Waals surface area contributed by atoms with E-state index in [4.69, 9.17) is 12.2 Å². The average molecular weight is 340 g/mol. The molecule has 3 rings (SSSR count). The number of nitrogens with zero attached hydrogens (tertiary/aromatic N) is 2. The van der Waals surface area contributed by atoms with E-state index in [9.17, 15) is 0 Å². The van der Waals surface area contributed by atoms with E-state index in [-0.39, 0.29) is 0 Å². The van der Waals surface area contributed by atoms with Gasteiger partial charge in [-0.3, -0.25) is 4.98 Å². The zero-order valence-electron chi connectivity index (χ0n) is 14.0. The van der Waals surface area contributed by atoms with Crippen LogP contribution < -0.4 is 15.5 Å². The van der Waals surface area contributed by atoms with Crippen LogP contribution in [0.5, 0.6) is 0 Å². The Hall–Kier alpha value is -2.14. The Kier molecular flexibility index (Phi) is 5.64. The molecule has 1 saturated heterocycles. The van der Waals surface area contributed by atoms with E-state index in [1.54, 1.807) is 12.4 Å². The summed E-state index contributed by atoms with van der Waals surface area (Å²) in [6, 6.07) is 12.6. The summed E-state index contributed by atoms with van der Waals surface area (Å²) in [6.45, 7) is 5.38. The van der Waals surface area contributed by atoms with E-state index < -0.39 is 0 Å². The maximum absolute atomic E-state index is 5.33. The van der Waals surface area contributed by atoms with Gasteiger partial charge in [0.1, 0.15) is 0 Å². The predicted octanol–water partition coefficient (Wildman–Crippen LogP) is 3.80. The number of hydrogen-bond acceptors (Lipinski definition) is 3. The van der Waals surface area contributed by atoms with Crippen molar-refractivity contribution in [1.82, 2.24) is 10.3 Å². The molecule has 1 aromatic heterocycles. The SMILES string of the molecule is CC1CCCN(c2ccc(CNC(=S)Nc3ccncc3)cc2)C1. The van der Waals surface area contributed by atoms with Crippen molar-refractivity contribution in [3.8, 4) is 0 Å². The second kappa shape index (κ2) is 8.11. The van der Waals surface area contributed by atoms with E-state index in [0.29, 0.717) is 11.7 Å². The zero-order chi connectivity index (χ0) is 16.8. The predicted molar refractivity (Wildman–Crippen MR) is 104 cm³/mol. The minimum atomic E-state index is 0.620. The lowest BCUT2D eigenvalue weighted by molar-refractivity contribution is 0.447. The quantitative estimate of drug-likeness (QED) is 0.829. The normalized spacial score (nSPS) is 17.4. The molecule has 126 valence electrons. The molecule has 0 radical (unpaired) electrons. The van der Waals surface area contributed by atoms with Crippen LogP contribution in [-0.4, -0.2) is 23.2 Å². The van der Waals surface area contributed by atoms with Crippen LogP contribution in [0.15, 0.2) is 48.8 Å². The monoisotopic (exact) mass is 340 g/mol. The Morgan fingerprint density at radius 2 is 1.96 bits per heavy atom. The van der Waals surface area contributed by atoms with E-state index in [0.717, 1.165) is 18.2 Å². The molecule has 1 fully saturated rings. The zero-order valence-corrected chi connectivity index (χ0v) is 14.9. The number of nitrogens with one attached hydrogen (secondary N) is 2. The molecule has 2 N–H and O–H groups in total. The van der Waals surface area contributed by atoms with Gasteiger partial charge < -0.3 is 15.5 Å². The molecule has 5 heteroatoms. The third-order valence-corrected chi connectivity index (χ3v) is 4.60. The van der Waals surface area contributed by atoms with Crippen molar-refractivity contribution in [1.29, 1.82) is 0 Å². The fraction of sp³-hybridized carbons (Fsp3) is 0.368. The van der Waals surface area contributed by atoms with E-state index in [1.165, 1.54) is 30.6 Å². The molecule has 2 aromatic rings. The molecule has 0 saturated carbocycles. The lowest BCUT2D eigenvalue weighted by Gasteiger charge is -2.32. The van der Waals surface area contributed by atoms with Crippen molar-refractivity contribution >= 4 is 28.7 Å². The fourth-order valence-electron chi connectivity index (χ4n) is 3.04. The van der Waals surface area contributed by atoms with Gasteiger partial charge in [-0.05, 0) is 60.8 Å². The van der Waals surface area contributed by atoms with Crippen molar-refractivity contribution in [2.75, 3.05) is 23.3 Å². The summed E-state index contributed by atoms with van der Waals surface area (Å²) < 4.78 is 0. The first-order valence-corrected chi connectivity index (χ1v) is 8.90. The summed E-state index contributed by atoms with van der Waals surface area (Å²) in [7, 11) is 0.